The van der Waals surface area contributed by atoms with Crippen LogP contribution in [0.5, 0.6) is 0 Å². The van der Waals surface area contributed by atoms with Gasteiger partial charge in [0.25, 0.3) is 15.9 Å². The van der Waals surface area contributed by atoms with Crippen LogP contribution in [0.1, 0.15) is 27.7 Å². The number of carbonyl (C=O) groups is 1. The van der Waals surface area contributed by atoms with E-state index >= 15 is 0 Å². The lowest BCUT2D eigenvalue weighted by Gasteiger charge is -2.26. The van der Waals surface area contributed by atoms with E-state index < -0.39 is 54.8 Å². The van der Waals surface area contributed by atoms with Crippen LogP contribution in [-0.4, -0.2) is 44.8 Å². The molecule has 0 N–H and O–H groups in total. The van der Waals surface area contributed by atoms with E-state index in [9.17, 15) is 22.0 Å². The van der Waals surface area contributed by atoms with E-state index in [1.165, 1.54) is 34.6 Å². The van der Waals surface area contributed by atoms with Gasteiger partial charge in [-0.2, -0.15) is 0 Å². The summed E-state index contributed by atoms with van der Waals surface area (Å²) in [6.45, 7) is 5.28. The minimum atomic E-state index is -4.32. The SMILES string of the molecule is CC(C)(C)OC(=O)CN(c1ccc2c(ccn2C2=CC(C(C)(F)F)=IC=N2)c1)S(=O)(=O)c1cc(Cl)cc(Cl)c1. The molecular weight excluding hydrogens is 686 g/mol. The van der Waals surface area contributed by atoms with Gasteiger partial charge >= 0.3 is 5.97 Å². The zero-order valence-electron chi connectivity index (χ0n) is 21.3. The maximum absolute atomic E-state index is 13.9. The largest absolute Gasteiger partial charge is 0.459 e. The van der Waals surface area contributed by atoms with E-state index in [1.54, 1.807) is 49.7 Å². The molecule has 0 saturated heterocycles. The number of anilines is 1. The van der Waals surface area contributed by atoms with Crippen molar-refractivity contribution in [3.8, 4) is 0 Å². The molecule has 4 rings (SSSR count). The summed E-state index contributed by atoms with van der Waals surface area (Å²) in [6, 6.07) is 10.3. The van der Waals surface area contributed by atoms with Crippen molar-refractivity contribution >= 4 is 90.1 Å². The molecule has 0 atom stereocenters. The molecule has 2 aromatic carbocycles. The average molecular weight is 710 g/mol. The Kier molecular flexibility index (Phi) is 8.28. The number of benzene rings is 2. The third kappa shape index (κ3) is 6.87. The number of sulfonamides is 1. The summed E-state index contributed by atoms with van der Waals surface area (Å²) in [4.78, 5) is 16.9. The summed E-state index contributed by atoms with van der Waals surface area (Å²) in [7, 11) is -4.32. The predicted molar refractivity (Wildman–Crippen MR) is 161 cm³/mol. The number of ether oxygens (including phenoxy) is 1. The number of hydrogen-bond donors (Lipinski definition) is 0. The molecule has 2 heterocycles. The fourth-order valence-corrected chi connectivity index (χ4v) is 7.62. The van der Waals surface area contributed by atoms with Crippen molar-refractivity contribution in [1.82, 2.24) is 4.57 Å². The third-order valence-corrected chi connectivity index (χ3v) is 10.0. The lowest BCUT2D eigenvalue weighted by atomic mass is 10.2. The second-order valence-corrected chi connectivity index (χ2v) is 14.8. The first kappa shape index (κ1) is 29.6. The summed E-state index contributed by atoms with van der Waals surface area (Å²) in [5.41, 5.74) is -0.0441. The first-order valence-corrected chi connectivity index (χ1v) is 16.0. The highest BCUT2D eigenvalue weighted by Gasteiger charge is 2.31. The Balaban J connectivity index is 1.79. The number of alkyl halides is 2. The van der Waals surface area contributed by atoms with E-state index in [2.05, 4.69) is 4.99 Å². The zero-order chi connectivity index (χ0) is 28.8. The highest BCUT2D eigenvalue weighted by molar-refractivity contribution is 14.2. The topological polar surface area (TPSA) is 81.0 Å². The lowest BCUT2D eigenvalue weighted by molar-refractivity contribution is -0.152. The molecule has 3 aromatic rings. The van der Waals surface area contributed by atoms with E-state index in [4.69, 9.17) is 27.9 Å². The quantitative estimate of drug-likeness (QED) is 0.193. The van der Waals surface area contributed by atoms with Gasteiger partial charge in [0.05, 0.1) is 23.8 Å². The van der Waals surface area contributed by atoms with Crippen LogP contribution >= 0.6 is 43.9 Å². The minimum absolute atomic E-state index is 0.0413. The van der Waals surface area contributed by atoms with Gasteiger partial charge in [-0.1, -0.05) is 43.9 Å². The molecule has 0 aliphatic carbocycles. The number of fused-ring (bicyclic) bond motifs is 1. The Morgan fingerprint density at radius 2 is 1.74 bits per heavy atom. The van der Waals surface area contributed by atoms with E-state index in [0.29, 0.717) is 16.7 Å². The fourth-order valence-electron chi connectivity index (χ4n) is 3.76. The first-order chi connectivity index (χ1) is 18.0. The lowest BCUT2D eigenvalue weighted by Crippen LogP contribution is -2.39. The van der Waals surface area contributed by atoms with Gasteiger partial charge in [0, 0.05) is 28.6 Å². The maximum atomic E-state index is 13.9. The highest BCUT2D eigenvalue weighted by atomic mass is 127. The molecule has 208 valence electrons. The van der Waals surface area contributed by atoms with Gasteiger partial charge in [-0.15, -0.1) is 0 Å². The molecule has 0 radical (unpaired) electrons. The second kappa shape index (κ2) is 10.9. The Hall–Kier alpha value is -2.35. The summed E-state index contributed by atoms with van der Waals surface area (Å²) >= 11 is 11.1. The number of nitrogens with zero attached hydrogens (tertiary/aromatic N) is 3. The third-order valence-electron chi connectivity index (χ3n) is 5.35. The normalized spacial score (nSPS) is 14.5. The molecule has 0 amide bonds. The predicted octanol–water partition coefficient (Wildman–Crippen LogP) is 7.12. The average Bonchev–Trinajstić information content (AvgIpc) is 3.23. The van der Waals surface area contributed by atoms with Gasteiger partial charge in [0.15, 0.2) is 0 Å². The van der Waals surface area contributed by atoms with E-state index in [-0.39, 0.29) is 24.1 Å². The van der Waals surface area contributed by atoms with Crippen molar-refractivity contribution in [1.29, 1.82) is 0 Å². The molecule has 0 unspecified atom stereocenters. The molecule has 1 aliphatic heterocycles. The number of rotatable bonds is 7. The van der Waals surface area contributed by atoms with Crippen molar-refractivity contribution in [3.05, 3.63) is 64.8 Å². The molecule has 13 heteroatoms. The van der Waals surface area contributed by atoms with Crippen molar-refractivity contribution in [2.45, 2.75) is 44.1 Å². The number of esters is 1. The number of aromatic nitrogens is 1. The van der Waals surface area contributed by atoms with Crippen LogP contribution in [0.3, 0.4) is 0 Å². The van der Waals surface area contributed by atoms with Gasteiger partial charge in [-0.3, -0.25) is 9.10 Å². The number of allylic oxidation sites excluding steroid dienone is 1. The van der Waals surface area contributed by atoms with Crippen LogP contribution in [0.25, 0.3) is 16.7 Å². The van der Waals surface area contributed by atoms with Gasteiger partial charge in [0.1, 0.15) is 18.0 Å². The molecule has 39 heavy (non-hydrogen) atoms. The molecule has 1 aliphatic rings. The molecule has 0 spiro atoms. The zero-order valence-corrected chi connectivity index (χ0v) is 25.7. The Bertz CT molecular complexity index is 1640. The molecule has 0 fully saturated rings. The second-order valence-electron chi connectivity index (χ2n) is 9.71. The summed E-state index contributed by atoms with van der Waals surface area (Å²) in [6.07, 6.45) is 3.05. The molecule has 7 nitrogen and oxygen atoms in total. The van der Waals surface area contributed by atoms with Crippen molar-refractivity contribution in [3.63, 3.8) is 0 Å². The van der Waals surface area contributed by atoms with Crippen LogP contribution in [0.15, 0.2) is 64.6 Å². The van der Waals surface area contributed by atoms with Crippen molar-refractivity contribution in [2.75, 3.05) is 10.8 Å². The summed E-state index contributed by atoms with van der Waals surface area (Å²) < 4.78 is 64.9. The van der Waals surface area contributed by atoms with Gasteiger partial charge in [-0.25, -0.2) is 22.2 Å². The standard InChI is InChI=1S/C26H24Cl2F2IN3O4S/c1-25(2,3)38-24(35)14-34(39(36,37)20-11-17(27)10-18(28)12-20)19-5-6-21-16(9-19)7-8-33(21)23-13-22(26(4,29)30)31-15-32-23/h5-13,15H,14H2,1-4H3. The summed E-state index contributed by atoms with van der Waals surface area (Å²) in [5, 5.41) is 0.828. The number of aliphatic imine (C=N–C) groups is 1. The highest BCUT2D eigenvalue weighted by Crippen LogP contribution is 2.33. The Morgan fingerprint density at radius 1 is 1.08 bits per heavy atom. The van der Waals surface area contributed by atoms with Crippen LogP contribution in [0.2, 0.25) is 10.0 Å². The van der Waals surface area contributed by atoms with Crippen LogP contribution < -0.4 is 4.31 Å². The molecule has 1 aromatic heterocycles. The number of hydrogen-bond acceptors (Lipinski definition) is 5. The number of carbonyl (C=O) groups excluding carboxylic acids is 1. The van der Waals surface area contributed by atoms with Crippen LogP contribution in [0, 0.1) is 0 Å². The minimum Gasteiger partial charge on any atom is -0.459 e. The monoisotopic (exact) mass is 709 g/mol. The summed E-state index contributed by atoms with van der Waals surface area (Å²) in [5.74, 6) is -3.38. The molecular formula is C26H24Cl2F2IN3O4S. The molecule has 0 saturated carbocycles. The van der Waals surface area contributed by atoms with Gasteiger partial charge in [-0.05, 0) is 69.3 Å². The first-order valence-electron chi connectivity index (χ1n) is 11.5. The van der Waals surface area contributed by atoms with Crippen molar-refractivity contribution < 1.29 is 26.7 Å². The van der Waals surface area contributed by atoms with Gasteiger partial charge < -0.3 is 9.30 Å². The molecule has 0 bridgehead atoms. The Labute approximate surface area is 244 Å². The van der Waals surface area contributed by atoms with Gasteiger partial charge in [0.2, 0.25) is 0 Å². The van der Waals surface area contributed by atoms with Crippen LogP contribution in [-0.2, 0) is 19.6 Å². The number of halogens is 5. The smallest absolute Gasteiger partial charge is 0.327 e. The van der Waals surface area contributed by atoms with E-state index in [0.717, 1.165) is 11.2 Å². The van der Waals surface area contributed by atoms with E-state index in [1.807, 2.05) is 0 Å². The van der Waals surface area contributed by atoms with Crippen LogP contribution in [0.4, 0.5) is 14.5 Å². The fraction of sp³-hybridized carbons (Fsp3) is 0.269. The van der Waals surface area contributed by atoms with Crippen molar-refractivity contribution in [2.24, 2.45) is 4.99 Å². The maximum Gasteiger partial charge on any atom is 0.327 e. The Morgan fingerprint density at radius 3 is 2.36 bits per heavy atom.